The molecule has 31 heavy (non-hydrogen) atoms. The number of hydrogen-bond donors (Lipinski definition) is 0. The zero-order valence-electron chi connectivity index (χ0n) is 20.9. The predicted molar refractivity (Wildman–Crippen MR) is 135 cm³/mol. The summed E-state index contributed by atoms with van der Waals surface area (Å²) in [6, 6.07) is 4.31. The van der Waals surface area contributed by atoms with E-state index < -0.39 is 0 Å². The van der Waals surface area contributed by atoms with Crippen molar-refractivity contribution in [3.05, 3.63) is 24.0 Å². The Morgan fingerprint density at radius 1 is 0.710 bits per heavy atom. The summed E-state index contributed by atoms with van der Waals surface area (Å²) in [4.78, 5) is 4.67. The van der Waals surface area contributed by atoms with Crippen molar-refractivity contribution in [1.82, 2.24) is 4.98 Å². The zero-order valence-corrected chi connectivity index (χ0v) is 20.9. The Kier molecular flexibility index (Phi) is 14.8. The Morgan fingerprint density at radius 3 is 1.90 bits per heavy atom. The quantitative estimate of drug-likeness (QED) is 0.217. The number of nitrogens with zero attached hydrogens (tertiary/aromatic N) is 1. The van der Waals surface area contributed by atoms with E-state index in [9.17, 15) is 0 Å². The number of hydrogen-bond acceptors (Lipinski definition) is 2. The van der Waals surface area contributed by atoms with Gasteiger partial charge in [-0.3, -0.25) is 4.98 Å². The van der Waals surface area contributed by atoms with Crippen LogP contribution in [0.1, 0.15) is 135 Å². The van der Waals surface area contributed by atoms with Crippen molar-refractivity contribution in [1.29, 1.82) is 0 Å². The molecule has 0 bridgehead atoms. The summed E-state index contributed by atoms with van der Waals surface area (Å²) >= 11 is 0. The monoisotopic (exact) mass is 429 g/mol. The Morgan fingerprint density at radius 2 is 1.29 bits per heavy atom. The van der Waals surface area contributed by atoms with Crippen molar-refractivity contribution in [2.75, 3.05) is 6.61 Å². The fourth-order valence-electron chi connectivity index (χ4n) is 5.09. The molecule has 0 aliphatic heterocycles. The van der Waals surface area contributed by atoms with E-state index in [0.29, 0.717) is 0 Å². The van der Waals surface area contributed by atoms with E-state index in [1.54, 1.807) is 0 Å². The molecule has 1 saturated carbocycles. The van der Waals surface area contributed by atoms with Crippen LogP contribution in [0, 0.1) is 11.8 Å². The van der Waals surface area contributed by atoms with E-state index in [-0.39, 0.29) is 0 Å². The molecule has 0 unspecified atom stereocenters. The van der Waals surface area contributed by atoms with Gasteiger partial charge in [0.15, 0.2) is 0 Å². The van der Waals surface area contributed by atoms with Crippen LogP contribution in [0.3, 0.4) is 0 Å². The normalized spacial score (nSPS) is 18.9. The molecule has 1 fully saturated rings. The van der Waals surface area contributed by atoms with Gasteiger partial charge in [-0.1, -0.05) is 117 Å². The standard InChI is InChI=1S/C29H51NO/c1-3-5-7-9-10-12-14-24-31-29-23-22-28(30-25-29)21-20-27-18-16-26(17-19-27)15-13-11-8-6-4-2/h22-23,25-27H,3-21,24H2,1-2H3. The summed E-state index contributed by atoms with van der Waals surface area (Å²) in [6.07, 6.45) is 28.1. The van der Waals surface area contributed by atoms with Crippen molar-refractivity contribution in [2.24, 2.45) is 11.8 Å². The molecule has 0 N–H and O–H groups in total. The summed E-state index contributed by atoms with van der Waals surface area (Å²) in [5, 5.41) is 0. The lowest BCUT2D eigenvalue weighted by molar-refractivity contribution is 0.248. The van der Waals surface area contributed by atoms with Crippen molar-refractivity contribution < 1.29 is 4.74 Å². The average molecular weight is 430 g/mol. The molecule has 0 aromatic carbocycles. The molecule has 2 heteroatoms. The topological polar surface area (TPSA) is 22.1 Å². The van der Waals surface area contributed by atoms with Gasteiger partial charge in [-0.2, -0.15) is 0 Å². The van der Waals surface area contributed by atoms with Gasteiger partial charge in [-0.05, 0) is 43.2 Å². The van der Waals surface area contributed by atoms with E-state index in [2.05, 4.69) is 31.0 Å². The highest BCUT2D eigenvalue weighted by Crippen LogP contribution is 2.34. The second kappa shape index (κ2) is 17.5. The molecule has 1 aliphatic rings. The van der Waals surface area contributed by atoms with Crippen LogP contribution in [0.2, 0.25) is 0 Å². The highest BCUT2D eigenvalue weighted by atomic mass is 16.5. The van der Waals surface area contributed by atoms with Crippen LogP contribution in [0.15, 0.2) is 18.3 Å². The van der Waals surface area contributed by atoms with Gasteiger partial charge in [0.2, 0.25) is 0 Å². The molecule has 0 radical (unpaired) electrons. The lowest BCUT2D eigenvalue weighted by Crippen LogP contribution is -2.15. The Labute approximate surface area is 194 Å². The number of rotatable bonds is 18. The molecule has 0 atom stereocenters. The molecule has 1 heterocycles. The first-order valence-corrected chi connectivity index (χ1v) is 13.9. The highest BCUT2D eigenvalue weighted by molar-refractivity contribution is 5.19. The summed E-state index contributed by atoms with van der Waals surface area (Å²) in [5.41, 5.74) is 1.24. The van der Waals surface area contributed by atoms with Crippen LogP contribution in [0.4, 0.5) is 0 Å². The van der Waals surface area contributed by atoms with E-state index in [1.807, 2.05) is 6.20 Å². The third-order valence-electron chi connectivity index (χ3n) is 7.31. The molecule has 1 aromatic rings. The minimum atomic E-state index is 0.830. The predicted octanol–water partition coefficient (Wildman–Crippen LogP) is 9.31. The third kappa shape index (κ3) is 12.5. The number of pyridine rings is 1. The minimum Gasteiger partial charge on any atom is -0.492 e. The van der Waals surface area contributed by atoms with Crippen molar-refractivity contribution in [3.63, 3.8) is 0 Å². The molecule has 0 spiro atoms. The Bertz CT molecular complexity index is 518. The maximum absolute atomic E-state index is 5.89. The van der Waals surface area contributed by atoms with E-state index in [4.69, 9.17) is 4.74 Å². The third-order valence-corrected chi connectivity index (χ3v) is 7.31. The van der Waals surface area contributed by atoms with Crippen molar-refractivity contribution in [3.8, 4) is 5.75 Å². The summed E-state index contributed by atoms with van der Waals surface area (Å²) in [6.45, 7) is 5.41. The highest BCUT2D eigenvalue weighted by Gasteiger charge is 2.20. The average Bonchev–Trinajstić information content (AvgIpc) is 2.81. The molecular weight excluding hydrogens is 378 g/mol. The number of unbranched alkanes of at least 4 members (excludes halogenated alkanes) is 10. The van der Waals surface area contributed by atoms with Crippen molar-refractivity contribution in [2.45, 2.75) is 136 Å². The second-order valence-corrected chi connectivity index (χ2v) is 10.1. The van der Waals surface area contributed by atoms with E-state index >= 15 is 0 Å². The first-order chi connectivity index (χ1) is 15.3. The van der Waals surface area contributed by atoms with Crippen LogP contribution in [-0.4, -0.2) is 11.6 Å². The van der Waals surface area contributed by atoms with Gasteiger partial charge in [0.25, 0.3) is 0 Å². The number of ether oxygens (including phenoxy) is 1. The SMILES string of the molecule is CCCCCCCCCOc1ccc(CCC2CCC(CCCCCCC)CC2)nc1. The number of aryl methyl sites for hydroxylation is 1. The van der Waals surface area contributed by atoms with Gasteiger partial charge < -0.3 is 4.74 Å². The van der Waals surface area contributed by atoms with Gasteiger partial charge in [0.1, 0.15) is 5.75 Å². The lowest BCUT2D eigenvalue weighted by atomic mass is 9.78. The molecule has 1 aromatic heterocycles. The first kappa shape index (κ1) is 26.2. The molecule has 0 saturated heterocycles. The molecule has 178 valence electrons. The molecule has 1 aliphatic carbocycles. The van der Waals surface area contributed by atoms with Gasteiger partial charge >= 0.3 is 0 Å². The van der Waals surface area contributed by atoms with Gasteiger partial charge in [0, 0.05) is 5.69 Å². The smallest absolute Gasteiger partial charge is 0.137 e. The summed E-state index contributed by atoms with van der Waals surface area (Å²) in [7, 11) is 0. The maximum atomic E-state index is 5.89. The summed E-state index contributed by atoms with van der Waals surface area (Å²) < 4.78 is 5.89. The lowest BCUT2D eigenvalue weighted by Gasteiger charge is -2.28. The van der Waals surface area contributed by atoms with E-state index in [1.165, 1.54) is 115 Å². The molecular formula is C29H51NO. The second-order valence-electron chi connectivity index (χ2n) is 10.1. The van der Waals surface area contributed by atoms with Crippen LogP contribution in [0.5, 0.6) is 5.75 Å². The summed E-state index contributed by atoms with van der Waals surface area (Å²) in [5.74, 6) is 2.88. The fraction of sp³-hybridized carbons (Fsp3) is 0.828. The van der Waals surface area contributed by atoms with Crippen molar-refractivity contribution >= 4 is 0 Å². The van der Waals surface area contributed by atoms with Crippen LogP contribution in [0.25, 0.3) is 0 Å². The van der Waals surface area contributed by atoms with Gasteiger partial charge in [-0.15, -0.1) is 0 Å². The van der Waals surface area contributed by atoms with Crippen LogP contribution >= 0.6 is 0 Å². The molecule has 2 rings (SSSR count). The fourth-order valence-corrected chi connectivity index (χ4v) is 5.09. The Balaban J connectivity index is 1.49. The number of aromatic nitrogens is 1. The largest absolute Gasteiger partial charge is 0.492 e. The van der Waals surface area contributed by atoms with Crippen LogP contribution < -0.4 is 4.74 Å². The molecule has 0 amide bonds. The van der Waals surface area contributed by atoms with Crippen LogP contribution in [-0.2, 0) is 6.42 Å². The Hall–Kier alpha value is -1.05. The minimum absolute atomic E-state index is 0.830. The molecule has 2 nitrogen and oxygen atoms in total. The zero-order chi connectivity index (χ0) is 22.0. The van der Waals surface area contributed by atoms with Gasteiger partial charge in [-0.25, -0.2) is 0 Å². The van der Waals surface area contributed by atoms with E-state index in [0.717, 1.165) is 37.0 Å². The van der Waals surface area contributed by atoms with Gasteiger partial charge in [0.05, 0.1) is 12.8 Å². The maximum Gasteiger partial charge on any atom is 0.137 e. The first-order valence-electron chi connectivity index (χ1n) is 13.9.